The van der Waals surface area contributed by atoms with Crippen LogP contribution in [0.3, 0.4) is 0 Å². The van der Waals surface area contributed by atoms with E-state index in [4.69, 9.17) is 11.6 Å². The number of hydrogen-bond donors (Lipinski definition) is 0. The van der Waals surface area contributed by atoms with Crippen molar-refractivity contribution in [2.75, 3.05) is 0 Å². The molecule has 19 heavy (non-hydrogen) atoms. The van der Waals surface area contributed by atoms with E-state index in [-0.39, 0.29) is 11.2 Å². The third-order valence-corrected chi connectivity index (χ3v) is 4.41. The summed E-state index contributed by atoms with van der Waals surface area (Å²) in [6.45, 7) is 1.52. The lowest BCUT2D eigenvalue weighted by Crippen LogP contribution is -2.02. The molecule has 0 N–H and O–H groups in total. The highest BCUT2D eigenvalue weighted by Crippen LogP contribution is 2.27. The van der Waals surface area contributed by atoms with Gasteiger partial charge in [-0.25, -0.2) is 0 Å². The van der Waals surface area contributed by atoms with Crippen molar-refractivity contribution in [3.63, 3.8) is 0 Å². The van der Waals surface area contributed by atoms with E-state index >= 15 is 0 Å². The van der Waals surface area contributed by atoms with Gasteiger partial charge >= 0.3 is 0 Å². The zero-order valence-electron chi connectivity index (χ0n) is 10.1. The Morgan fingerprint density at radius 1 is 1.05 bits per heavy atom. The van der Waals surface area contributed by atoms with Crippen LogP contribution in [0.1, 0.15) is 17.3 Å². The summed E-state index contributed by atoms with van der Waals surface area (Å²) in [5.74, 6) is -0.00208. The van der Waals surface area contributed by atoms with Crippen LogP contribution in [0.15, 0.2) is 41.2 Å². The van der Waals surface area contributed by atoms with Crippen LogP contribution >= 0.6 is 22.9 Å². The van der Waals surface area contributed by atoms with Gasteiger partial charge in [-0.15, -0.1) is 11.3 Å². The van der Waals surface area contributed by atoms with Crippen LogP contribution in [0, 0.1) is 0 Å². The minimum absolute atomic E-state index is 0.00208. The highest BCUT2D eigenvalue weighted by molar-refractivity contribution is 7.24. The topological polar surface area (TPSA) is 34.1 Å². The summed E-state index contributed by atoms with van der Waals surface area (Å²) in [6.07, 6.45) is 0. The fraction of sp³-hybridized carbons (Fsp3) is 0.0667. The summed E-state index contributed by atoms with van der Waals surface area (Å²) in [5.41, 5.74) is 0.581. The predicted octanol–water partition coefficient (Wildman–Crippen LogP) is 4.27. The first-order valence-electron chi connectivity index (χ1n) is 5.73. The minimum Gasteiger partial charge on any atom is -0.295 e. The second kappa shape index (κ2) is 4.44. The number of hydrogen-bond acceptors (Lipinski definition) is 3. The largest absolute Gasteiger partial charge is 0.295 e. The molecule has 0 spiro atoms. The van der Waals surface area contributed by atoms with Crippen molar-refractivity contribution < 1.29 is 4.79 Å². The van der Waals surface area contributed by atoms with Gasteiger partial charge in [-0.2, -0.15) is 0 Å². The molecular formula is C15H9ClO2S. The summed E-state index contributed by atoms with van der Waals surface area (Å²) >= 11 is 7.42. The average Bonchev–Trinajstić information content (AvgIpc) is 2.39. The van der Waals surface area contributed by atoms with Crippen molar-refractivity contribution in [1.29, 1.82) is 0 Å². The normalized spacial score (nSPS) is 11.1. The maximum Gasteiger partial charge on any atom is 0.195 e. The number of carbonyl (C=O) groups excluding carboxylic acids is 1. The van der Waals surface area contributed by atoms with Crippen molar-refractivity contribution in [1.82, 2.24) is 0 Å². The number of benzene rings is 2. The molecule has 3 rings (SSSR count). The molecule has 2 aromatic carbocycles. The molecule has 0 saturated heterocycles. The van der Waals surface area contributed by atoms with Gasteiger partial charge in [0.15, 0.2) is 11.2 Å². The average molecular weight is 289 g/mol. The molecule has 4 heteroatoms. The maximum atomic E-state index is 12.4. The zero-order chi connectivity index (χ0) is 13.6. The Hall–Kier alpha value is -1.71. The Labute approximate surface area is 118 Å². The molecule has 0 radical (unpaired) electrons. The Bertz CT molecular complexity index is 880. The predicted molar refractivity (Wildman–Crippen MR) is 80.6 cm³/mol. The number of carbonyl (C=O) groups is 1. The first-order valence-corrected chi connectivity index (χ1v) is 6.93. The second-order valence-corrected chi connectivity index (χ2v) is 5.86. The van der Waals surface area contributed by atoms with E-state index in [9.17, 15) is 9.59 Å². The fourth-order valence-electron chi connectivity index (χ4n) is 2.05. The van der Waals surface area contributed by atoms with E-state index in [1.54, 1.807) is 30.3 Å². The van der Waals surface area contributed by atoms with Crippen LogP contribution in [-0.2, 0) is 0 Å². The molecule has 0 aliphatic rings. The number of rotatable bonds is 1. The molecule has 0 unspecified atom stereocenters. The third kappa shape index (κ3) is 2.05. The van der Waals surface area contributed by atoms with E-state index in [2.05, 4.69) is 0 Å². The van der Waals surface area contributed by atoms with Crippen molar-refractivity contribution in [3.05, 3.63) is 57.2 Å². The summed E-state index contributed by atoms with van der Waals surface area (Å²) in [7, 11) is 0. The minimum atomic E-state index is -0.0404. The van der Waals surface area contributed by atoms with Crippen molar-refractivity contribution in [2.45, 2.75) is 6.92 Å². The molecule has 0 fully saturated rings. The third-order valence-electron chi connectivity index (χ3n) is 3.04. The smallest absolute Gasteiger partial charge is 0.195 e. The summed E-state index contributed by atoms with van der Waals surface area (Å²) in [4.78, 5) is 23.8. The van der Waals surface area contributed by atoms with Gasteiger partial charge in [0.05, 0.1) is 0 Å². The quantitative estimate of drug-likeness (QED) is 0.495. The van der Waals surface area contributed by atoms with Crippen LogP contribution in [-0.4, -0.2) is 5.78 Å². The molecule has 0 saturated carbocycles. The van der Waals surface area contributed by atoms with Crippen molar-refractivity contribution in [3.8, 4) is 0 Å². The zero-order valence-corrected chi connectivity index (χ0v) is 11.6. The molecule has 0 bridgehead atoms. The van der Waals surface area contributed by atoms with Crippen LogP contribution in [0.4, 0.5) is 0 Å². The Kier molecular flexibility index (Phi) is 2.88. The number of fused-ring (bicyclic) bond motifs is 2. The molecule has 0 amide bonds. The van der Waals surface area contributed by atoms with Gasteiger partial charge in [0.25, 0.3) is 0 Å². The van der Waals surface area contributed by atoms with Crippen molar-refractivity contribution in [2.24, 2.45) is 0 Å². The van der Waals surface area contributed by atoms with Gasteiger partial charge in [-0.1, -0.05) is 17.7 Å². The molecule has 0 aliphatic carbocycles. The van der Waals surface area contributed by atoms with E-state index in [1.165, 1.54) is 18.3 Å². The SMILES string of the molecule is CC(=O)c1ccc2c(=O)c3cc(Cl)ccc3sc2c1. The van der Waals surface area contributed by atoms with Crippen LogP contribution < -0.4 is 5.43 Å². The van der Waals surface area contributed by atoms with Gasteiger partial charge in [0, 0.05) is 30.8 Å². The fourth-order valence-corrected chi connectivity index (χ4v) is 3.31. The highest BCUT2D eigenvalue weighted by atomic mass is 35.5. The number of Topliss-reactive ketones (excluding diaryl/α,β-unsaturated/α-hetero) is 1. The highest BCUT2D eigenvalue weighted by Gasteiger charge is 2.08. The van der Waals surface area contributed by atoms with E-state index in [0.717, 1.165) is 9.40 Å². The molecule has 2 nitrogen and oxygen atoms in total. The van der Waals surface area contributed by atoms with Gasteiger partial charge in [-0.05, 0) is 37.3 Å². The van der Waals surface area contributed by atoms with E-state index in [0.29, 0.717) is 21.4 Å². The molecule has 3 aromatic rings. The maximum absolute atomic E-state index is 12.4. The first kappa shape index (κ1) is 12.3. The molecule has 1 aromatic heterocycles. The lowest BCUT2D eigenvalue weighted by molar-refractivity contribution is 0.101. The van der Waals surface area contributed by atoms with Crippen molar-refractivity contribution >= 4 is 48.9 Å². The van der Waals surface area contributed by atoms with Gasteiger partial charge in [0.2, 0.25) is 0 Å². The van der Waals surface area contributed by atoms with Crippen LogP contribution in [0.5, 0.6) is 0 Å². The summed E-state index contributed by atoms with van der Waals surface area (Å²) in [5, 5.41) is 1.81. The monoisotopic (exact) mass is 288 g/mol. The molecule has 94 valence electrons. The standard InChI is InChI=1S/C15H9ClO2S/c1-8(17)9-2-4-11-14(6-9)19-13-5-3-10(16)7-12(13)15(11)18/h2-7H,1H3. The van der Waals surface area contributed by atoms with Gasteiger partial charge in [-0.3, -0.25) is 9.59 Å². The molecule has 1 heterocycles. The molecule has 0 aliphatic heterocycles. The molecular weight excluding hydrogens is 280 g/mol. The molecule has 0 atom stereocenters. The van der Waals surface area contributed by atoms with Gasteiger partial charge in [0.1, 0.15) is 0 Å². The Balaban J connectivity index is 2.46. The summed E-state index contributed by atoms with van der Waals surface area (Å²) < 4.78 is 1.70. The lowest BCUT2D eigenvalue weighted by atomic mass is 10.1. The van der Waals surface area contributed by atoms with E-state index < -0.39 is 0 Å². The Morgan fingerprint density at radius 2 is 1.84 bits per heavy atom. The number of ketones is 1. The second-order valence-electron chi connectivity index (χ2n) is 4.34. The van der Waals surface area contributed by atoms with Crippen LogP contribution in [0.25, 0.3) is 20.2 Å². The first-order chi connectivity index (χ1) is 9.06. The van der Waals surface area contributed by atoms with E-state index in [1.807, 2.05) is 6.07 Å². The summed E-state index contributed by atoms with van der Waals surface area (Å²) in [6, 6.07) is 10.5. The van der Waals surface area contributed by atoms with Crippen LogP contribution in [0.2, 0.25) is 5.02 Å². The number of halogens is 1. The Morgan fingerprint density at radius 3 is 2.58 bits per heavy atom. The lowest BCUT2D eigenvalue weighted by Gasteiger charge is -2.03. The van der Waals surface area contributed by atoms with Gasteiger partial charge < -0.3 is 0 Å².